The molecule has 0 saturated carbocycles. The number of nitrogens with zero attached hydrogens (tertiary/aromatic N) is 4. The molecule has 3 N–H and O–H groups in total. The molecule has 1 aliphatic heterocycles. The molecular formula is C16H20N6O3. The van der Waals surface area contributed by atoms with Crippen LogP contribution in [0.1, 0.15) is 60.7 Å². The number of nitro benzene ring substituents is 1. The van der Waals surface area contributed by atoms with Crippen LogP contribution in [0.25, 0.3) is 0 Å². The first-order valence-electron chi connectivity index (χ1n) is 8.16. The van der Waals surface area contributed by atoms with Gasteiger partial charge in [0.1, 0.15) is 5.82 Å². The lowest BCUT2D eigenvalue weighted by atomic mass is 10.1. The Kier molecular flexibility index (Phi) is 4.39. The van der Waals surface area contributed by atoms with Crippen LogP contribution in [0.3, 0.4) is 0 Å². The highest BCUT2D eigenvalue weighted by Gasteiger charge is 2.27. The number of nitrogens with two attached hydrogens (primary N) is 1. The van der Waals surface area contributed by atoms with E-state index in [9.17, 15) is 14.9 Å². The molecule has 3 rings (SSSR count). The third kappa shape index (κ3) is 3.30. The fraction of sp³-hybridized carbons (Fsp3) is 0.438. The molecule has 9 heteroatoms. The van der Waals surface area contributed by atoms with Gasteiger partial charge in [0.05, 0.1) is 16.5 Å². The number of rotatable bonds is 4. The monoisotopic (exact) mass is 344 g/mol. The Morgan fingerprint density at radius 3 is 2.92 bits per heavy atom. The standard InChI is InChI=1S/C16H20N6O3/c1-9(2)14-19-15-13(4-3-7-21(15)20-14)18-16(23)11-8-10(22(24)25)5-6-12(11)17/h5-6,8-9,13H,3-4,7,17H2,1-2H3,(H,18,23)/t13-/m0/s1. The molecule has 1 aromatic carbocycles. The average Bonchev–Trinajstić information content (AvgIpc) is 3.00. The first kappa shape index (κ1) is 16.9. The number of amides is 1. The number of nitrogen functional groups attached to an aromatic ring is 1. The second kappa shape index (κ2) is 6.50. The Labute approximate surface area is 144 Å². The van der Waals surface area contributed by atoms with Crippen LogP contribution >= 0.6 is 0 Å². The van der Waals surface area contributed by atoms with Gasteiger partial charge in [-0.3, -0.25) is 14.9 Å². The number of anilines is 1. The molecule has 0 spiro atoms. The van der Waals surface area contributed by atoms with Crippen molar-refractivity contribution in [2.24, 2.45) is 0 Å². The van der Waals surface area contributed by atoms with Crippen molar-refractivity contribution in [1.29, 1.82) is 0 Å². The predicted molar refractivity (Wildman–Crippen MR) is 91.1 cm³/mol. The van der Waals surface area contributed by atoms with Gasteiger partial charge < -0.3 is 11.1 Å². The molecule has 2 aromatic rings. The predicted octanol–water partition coefficient (Wildman–Crippen LogP) is 2.16. The van der Waals surface area contributed by atoms with E-state index in [-0.39, 0.29) is 28.9 Å². The number of carbonyl (C=O) groups excluding carboxylic acids is 1. The van der Waals surface area contributed by atoms with Crippen molar-refractivity contribution in [3.05, 3.63) is 45.5 Å². The van der Waals surface area contributed by atoms with Gasteiger partial charge in [0.2, 0.25) is 0 Å². The summed E-state index contributed by atoms with van der Waals surface area (Å²) >= 11 is 0. The largest absolute Gasteiger partial charge is 0.398 e. The first-order chi connectivity index (χ1) is 11.9. The molecule has 0 aliphatic carbocycles. The van der Waals surface area contributed by atoms with Crippen molar-refractivity contribution in [3.8, 4) is 0 Å². The summed E-state index contributed by atoms with van der Waals surface area (Å²) in [6.45, 7) is 4.79. The number of non-ortho nitro benzene ring substituents is 1. The van der Waals surface area contributed by atoms with Crippen LogP contribution < -0.4 is 11.1 Å². The van der Waals surface area contributed by atoms with Crippen molar-refractivity contribution >= 4 is 17.3 Å². The lowest BCUT2D eigenvalue weighted by Crippen LogP contribution is -2.33. The maximum Gasteiger partial charge on any atom is 0.270 e. The van der Waals surface area contributed by atoms with Crippen LogP contribution in [0, 0.1) is 10.1 Å². The third-order valence-corrected chi connectivity index (χ3v) is 4.21. The van der Waals surface area contributed by atoms with E-state index in [1.165, 1.54) is 18.2 Å². The quantitative estimate of drug-likeness (QED) is 0.497. The lowest BCUT2D eigenvalue weighted by molar-refractivity contribution is -0.384. The van der Waals surface area contributed by atoms with Crippen molar-refractivity contribution in [3.63, 3.8) is 0 Å². The molecule has 132 valence electrons. The molecule has 0 unspecified atom stereocenters. The zero-order chi connectivity index (χ0) is 18.1. The van der Waals surface area contributed by atoms with Crippen molar-refractivity contribution in [2.75, 3.05) is 5.73 Å². The van der Waals surface area contributed by atoms with Gasteiger partial charge in [0, 0.05) is 30.3 Å². The number of hydrogen-bond acceptors (Lipinski definition) is 6. The molecule has 9 nitrogen and oxygen atoms in total. The molecule has 25 heavy (non-hydrogen) atoms. The van der Waals surface area contributed by atoms with Crippen LogP contribution in [-0.2, 0) is 6.54 Å². The summed E-state index contributed by atoms with van der Waals surface area (Å²) in [4.78, 5) is 27.5. The van der Waals surface area contributed by atoms with Crippen LogP contribution in [-0.4, -0.2) is 25.6 Å². The zero-order valence-corrected chi connectivity index (χ0v) is 14.1. The lowest BCUT2D eigenvalue weighted by Gasteiger charge is -2.23. The normalized spacial score (nSPS) is 16.5. The highest BCUT2D eigenvalue weighted by Crippen LogP contribution is 2.26. The zero-order valence-electron chi connectivity index (χ0n) is 14.1. The molecule has 2 heterocycles. The molecule has 0 fully saturated rings. The summed E-state index contributed by atoms with van der Waals surface area (Å²) in [7, 11) is 0. The van der Waals surface area contributed by atoms with Gasteiger partial charge in [0.15, 0.2) is 5.82 Å². The molecule has 1 atom stereocenters. The van der Waals surface area contributed by atoms with E-state index in [0.717, 1.165) is 25.2 Å². The maximum absolute atomic E-state index is 12.6. The van der Waals surface area contributed by atoms with Crippen LogP contribution in [0.5, 0.6) is 0 Å². The van der Waals surface area contributed by atoms with E-state index in [2.05, 4.69) is 15.4 Å². The number of aryl methyl sites for hydroxylation is 1. The third-order valence-electron chi connectivity index (χ3n) is 4.21. The summed E-state index contributed by atoms with van der Waals surface area (Å²) in [5.74, 6) is 1.20. The van der Waals surface area contributed by atoms with Gasteiger partial charge in [-0.2, -0.15) is 5.10 Å². The van der Waals surface area contributed by atoms with Gasteiger partial charge in [-0.15, -0.1) is 0 Å². The molecule has 0 radical (unpaired) electrons. The number of fused-ring (bicyclic) bond motifs is 1. The van der Waals surface area contributed by atoms with E-state index in [1.807, 2.05) is 18.5 Å². The number of aromatic nitrogens is 3. The van der Waals surface area contributed by atoms with E-state index >= 15 is 0 Å². The highest BCUT2D eigenvalue weighted by molar-refractivity contribution is 6.00. The summed E-state index contributed by atoms with van der Waals surface area (Å²) in [5, 5.41) is 18.3. The molecule has 0 saturated heterocycles. The Hall–Kier alpha value is -2.97. The number of carbonyl (C=O) groups is 1. The number of hydrogen-bond donors (Lipinski definition) is 2. The SMILES string of the molecule is CC(C)c1nc2n(n1)CCC[C@@H]2NC(=O)c1cc([N+](=O)[O-])ccc1N. The summed E-state index contributed by atoms with van der Waals surface area (Å²) in [6.07, 6.45) is 1.60. The fourth-order valence-electron chi connectivity index (χ4n) is 2.84. The fourth-order valence-corrected chi connectivity index (χ4v) is 2.84. The molecule has 1 aromatic heterocycles. The Morgan fingerprint density at radius 2 is 2.24 bits per heavy atom. The Balaban J connectivity index is 1.85. The highest BCUT2D eigenvalue weighted by atomic mass is 16.6. The number of benzene rings is 1. The second-order valence-corrected chi connectivity index (χ2v) is 6.40. The van der Waals surface area contributed by atoms with Gasteiger partial charge in [-0.05, 0) is 18.9 Å². The smallest absolute Gasteiger partial charge is 0.270 e. The van der Waals surface area contributed by atoms with Crippen LogP contribution in [0.2, 0.25) is 0 Å². The molecule has 1 amide bonds. The summed E-state index contributed by atoms with van der Waals surface area (Å²) < 4.78 is 1.82. The minimum absolute atomic E-state index is 0.0925. The van der Waals surface area contributed by atoms with Gasteiger partial charge in [-0.1, -0.05) is 13.8 Å². The Morgan fingerprint density at radius 1 is 1.48 bits per heavy atom. The molecule has 1 aliphatic rings. The van der Waals surface area contributed by atoms with Gasteiger partial charge in [-0.25, -0.2) is 9.67 Å². The van der Waals surface area contributed by atoms with E-state index < -0.39 is 10.8 Å². The maximum atomic E-state index is 12.6. The van der Waals surface area contributed by atoms with Crippen LogP contribution in [0.4, 0.5) is 11.4 Å². The molecular weight excluding hydrogens is 324 g/mol. The minimum atomic E-state index is -0.553. The van der Waals surface area contributed by atoms with Crippen molar-refractivity contribution in [1.82, 2.24) is 20.1 Å². The summed E-state index contributed by atoms with van der Waals surface area (Å²) in [6, 6.07) is 3.54. The van der Waals surface area contributed by atoms with E-state index in [1.54, 1.807) is 0 Å². The van der Waals surface area contributed by atoms with Gasteiger partial charge >= 0.3 is 0 Å². The first-order valence-corrected chi connectivity index (χ1v) is 8.16. The number of nitrogens with one attached hydrogen (secondary N) is 1. The van der Waals surface area contributed by atoms with Gasteiger partial charge in [0.25, 0.3) is 11.6 Å². The second-order valence-electron chi connectivity index (χ2n) is 6.40. The topological polar surface area (TPSA) is 129 Å². The van der Waals surface area contributed by atoms with Crippen molar-refractivity contribution in [2.45, 2.75) is 45.2 Å². The average molecular weight is 344 g/mol. The Bertz CT molecular complexity index is 829. The van der Waals surface area contributed by atoms with Crippen LogP contribution in [0.15, 0.2) is 18.2 Å². The van der Waals surface area contributed by atoms with Crippen molar-refractivity contribution < 1.29 is 9.72 Å². The van der Waals surface area contributed by atoms with E-state index in [0.29, 0.717) is 5.82 Å². The minimum Gasteiger partial charge on any atom is -0.398 e. The molecule has 0 bridgehead atoms. The van der Waals surface area contributed by atoms with E-state index in [4.69, 9.17) is 5.73 Å². The summed E-state index contributed by atoms with van der Waals surface area (Å²) in [5.41, 5.74) is 5.93. The number of nitro groups is 1.